The third kappa shape index (κ3) is 4.91. The van der Waals surface area contributed by atoms with Gasteiger partial charge in [-0.3, -0.25) is 0 Å². The Morgan fingerprint density at radius 3 is 2.24 bits per heavy atom. The van der Waals surface area contributed by atoms with E-state index in [1.54, 1.807) is 0 Å². The summed E-state index contributed by atoms with van der Waals surface area (Å²) in [7, 11) is 0. The lowest BCUT2D eigenvalue weighted by Crippen LogP contribution is -2.19. The van der Waals surface area contributed by atoms with E-state index in [0.717, 1.165) is 24.6 Å². The van der Waals surface area contributed by atoms with Crippen LogP contribution in [0.25, 0.3) is 0 Å². The molecule has 0 heterocycles. The first-order valence-corrected chi connectivity index (χ1v) is 7.59. The second-order valence-corrected chi connectivity index (χ2v) is 6.03. The number of aryl methyl sites for hydroxylation is 2. The number of hydrogen-bond donors (Lipinski definition) is 1. The van der Waals surface area contributed by atoms with Crippen molar-refractivity contribution in [2.24, 2.45) is 5.92 Å². The van der Waals surface area contributed by atoms with E-state index < -0.39 is 0 Å². The lowest BCUT2D eigenvalue weighted by Gasteiger charge is -2.12. The number of hydrogen-bond acceptors (Lipinski definition) is 2. The van der Waals surface area contributed by atoms with Crippen molar-refractivity contribution in [1.82, 2.24) is 5.32 Å². The zero-order valence-corrected chi connectivity index (χ0v) is 13.4. The SMILES string of the molecule is Cc1ccc(Oc2ccc(CNCC(C)C)c(C)c2)cc1. The van der Waals surface area contributed by atoms with Crippen molar-refractivity contribution in [3.63, 3.8) is 0 Å². The minimum Gasteiger partial charge on any atom is -0.457 e. The lowest BCUT2D eigenvalue weighted by atomic mass is 10.1. The maximum absolute atomic E-state index is 5.89. The van der Waals surface area contributed by atoms with Crippen LogP contribution in [-0.4, -0.2) is 6.54 Å². The van der Waals surface area contributed by atoms with Crippen molar-refractivity contribution in [2.75, 3.05) is 6.54 Å². The molecule has 0 saturated heterocycles. The van der Waals surface area contributed by atoms with Gasteiger partial charge in [-0.2, -0.15) is 0 Å². The fourth-order valence-corrected chi connectivity index (χ4v) is 2.17. The maximum Gasteiger partial charge on any atom is 0.127 e. The molecule has 0 atom stereocenters. The zero-order valence-electron chi connectivity index (χ0n) is 13.4. The van der Waals surface area contributed by atoms with Gasteiger partial charge in [-0.1, -0.05) is 37.6 Å². The molecular weight excluding hydrogens is 258 g/mol. The molecule has 0 unspecified atom stereocenters. The van der Waals surface area contributed by atoms with Crippen molar-refractivity contribution in [1.29, 1.82) is 0 Å². The van der Waals surface area contributed by atoms with Gasteiger partial charge in [0.25, 0.3) is 0 Å². The van der Waals surface area contributed by atoms with Crippen LogP contribution in [0.3, 0.4) is 0 Å². The van der Waals surface area contributed by atoms with E-state index >= 15 is 0 Å². The van der Waals surface area contributed by atoms with Gasteiger partial charge < -0.3 is 10.1 Å². The van der Waals surface area contributed by atoms with Gasteiger partial charge in [0.05, 0.1) is 0 Å². The summed E-state index contributed by atoms with van der Waals surface area (Å²) in [5, 5.41) is 3.48. The Balaban J connectivity index is 1.99. The molecule has 2 aromatic carbocycles. The molecule has 0 spiro atoms. The molecule has 0 radical (unpaired) electrons. The number of nitrogens with one attached hydrogen (secondary N) is 1. The van der Waals surface area contributed by atoms with Gasteiger partial charge in [0.15, 0.2) is 0 Å². The molecule has 0 bridgehead atoms. The summed E-state index contributed by atoms with van der Waals surface area (Å²) in [6.07, 6.45) is 0. The Morgan fingerprint density at radius 1 is 0.952 bits per heavy atom. The quantitative estimate of drug-likeness (QED) is 0.819. The standard InChI is InChI=1S/C19H25NO/c1-14(2)12-20-13-17-7-10-19(11-16(17)4)21-18-8-5-15(3)6-9-18/h5-11,14,20H,12-13H2,1-4H3. The van der Waals surface area contributed by atoms with Crippen molar-refractivity contribution in [3.05, 3.63) is 59.2 Å². The number of rotatable bonds is 6. The van der Waals surface area contributed by atoms with E-state index in [0.29, 0.717) is 5.92 Å². The summed E-state index contributed by atoms with van der Waals surface area (Å²) in [5.41, 5.74) is 3.83. The first-order chi connectivity index (χ1) is 10.0. The Kier molecular flexibility index (Phi) is 5.40. The summed E-state index contributed by atoms with van der Waals surface area (Å²) in [6, 6.07) is 14.4. The zero-order chi connectivity index (χ0) is 15.2. The molecule has 0 saturated carbocycles. The van der Waals surface area contributed by atoms with E-state index in [1.165, 1.54) is 16.7 Å². The highest BCUT2D eigenvalue weighted by atomic mass is 16.5. The fraction of sp³-hybridized carbons (Fsp3) is 0.368. The van der Waals surface area contributed by atoms with E-state index in [9.17, 15) is 0 Å². The van der Waals surface area contributed by atoms with E-state index in [4.69, 9.17) is 4.74 Å². The molecule has 0 amide bonds. The molecule has 21 heavy (non-hydrogen) atoms. The van der Waals surface area contributed by atoms with Gasteiger partial charge in [0.2, 0.25) is 0 Å². The molecule has 2 rings (SSSR count). The predicted molar refractivity (Wildman–Crippen MR) is 89.0 cm³/mol. The Hall–Kier alpha value is -1.80. The molecule has 0 fully saturated rings. The second-order valence-electron chi connectivity index (χ2n) is 6.03. The summed E-state index contributed by atoms with van der Waals surface area (Å²) in [4.78, 5) is 0. The minimum absolute atomic E-state index is 0.675. The van der Waals surface area contributed by atoms with Gasteiger partial charge in [-0.25, -0.2) is 0 Å². The Bertz CT molecular complexity index is 573. The average Bonchev–Trinajstić information content (AvgIpc) is 2.43. The highest BCUT2D eigenvalue weighted by Crippen LogP contribution is 2.24. The van der Waals surface area contributed by atoms with Crippen LogP contribution in [0, 0.1) is 19.8 Å². The van der Waals surface area contributed by atoms with Crippen LogP contribution in [0.5, 0.6) is 11.5 Å². The molecule has 2 aromatic rings. The third-order valence-corrected chi connectivity index (χ3v) is 3.44. The molecule has 0 aliphatic heterocycles. The van der Waals surface area contributed by atoms with Crippen molar-refractivity contribution < 1.29 is 4.74 Å². The largest absolute Gasteiger partial charge is 0.457 e. The normalized spacial score (nSPS) is 10.9. The van der Waals surface area contributed by atoms with Gasteiger partial charge in [-0.15, -0.1) is 0 Å². The summed E-state index contributed by atoms with van der Waals surface area (Å²) in [5.74, 6) is 2.45. The van der Waals surface area contributed by atoms with Crippen LogP contribution in [0.1, 0.15) is 30.5 Å². The summed E-state index contributed by atoms with van der Waals surface area (Å²) < 4.78 is 5.89. The molecule has 2 heteroatoms. The van der Waals surface area contributed by atoms with Gasteiger partial charge in [0, 0.05) is 6.54 Å². The molecular formula is C19H25NO. The van der Waals surface area contributed by atoms with Crippen LogP contribution < -0.4 is 10.1 Å². The fourth-order valence-electron chi connectivity index (χ4n) is 2.17. The summed E-state index contributed by atoms with van der Waals surface area (Å²) >= 11 is 0. The lowest BCUT2D eigenvalue weighted by molar-refractivity contribution is 0.481. The number of ether oxygens (including phenoxy) is 1. The van der Waals surface area contributed by atoms with Crippen molar-refractivity contribution >= 4 is 0 Å². The minimum atomic E-state index is 0.675. The highest BCUT2D eigenvalue weighted by molar-refractivity contribution is 5.38. The Morgan fingerprint density at radius 2 is 1.62 bits per heavy atom. The van der Waals surface area contributed by atoms with Crippen molar-refractivity contribution in [3.8, 4) is 11.5 Å². The predicted octanol–water partition coefficient (Wildman–Crippen LogP) is 4.84. The molecule has 0 aliphatic carbocycles. The topological polar surface area (TPSA) is 21.3 Å². The highest BCUT2D eigenvalue weighted by Gasteiger charge is 2.03. The van der Waals surface area contributed by atoms with Gasteiger partial charge in [-0.05, 0) is 61.7 Å². The van der Waals surface area contributed by atoms with Crippen LogP contribution >= 0.6 is 0 Å². The van der Waals surface area contributed by atoms with Crippen LogP contribution in [-0.2, 0) is 6.54 Å². The smallest absolute Gasteiger partial charge is 0.127 e. The second kappa shape index (κ2) is 7.28. The van der Waals surface area contributed by atoms with Gasteiger partial charge >= 0.3 is 0 Å². The van der Waals surface area contributed by atoms with Gasteiger partial charge in [0.1, 0.15) is 11.5 Å². The van der Waals surface area contributed by atoms with E-state index in [1.807, 2.05) is 18.2 Å². The van der Waals surface area contributed by atoms with Crippen molar-refractivity contribution in [2.45, 2.75) is 34.2 Å². The van der Waals surface area contributed by atoms with Crippen LogP contribution in [0.2, 0.25) is 0 Å². The molecule has 112 valence electrons. The van der Waals surface area contributed by atoms with E-state index in [-0.39, 0.29) is 0 Å². The number of benzene rings is 2. The molecule has 0 aromatic heterocycles. The monoisotopic (exact) mass is 283 g/mol. The average molecular weight is 283 g/mol. The maximum atomic E-state index is 5.89. The molecule has 0 aliphatic rings. The Labute approximate surface area is 128 Å². The van der Waals surface area contributed by atoms with Crippen LogP contribution in [0.15, 0.2) is 42.5 Å². The third-order valence-electron chi connectivity index (χ3n) is 3.44. The van der Waals surface area contributed by atoms with E-state index in [2.05, 4.69) is 57.3 Å². The first-order valence-electron chi connectivity index (χ1n) is 7.59. The molecule has 2 nitrogen and oxygen atoms in total. The molecule has 1 N–H and O–H groups in total. The summed E-state index contributed by atoms with van der Waals surface area (Å²) in [6.45, 7) is 10.6. The first kappa shape index (κ1) is 15.6. The van der Waals surface area contributed by atoms with Crippen LogP contribution in [0.4, 0.5) is 0 Å².